The Hall–Kier alpha value is -1.97. The third kappa shape index (κ3) is 1.65. The number of benzene rings is 1. The summed E-state index contributed by atoms with van der Waals surface area (Å²) in [5.74, 6) is -0.770. The van der Waals surface area contributed by atoms with Gasteiger partial charge in [0.25, 0.3) is 0 Å². The summed E-state index contributed by atoms with van der Waals surface area (Å²) < 4.78 is 27.1. The van der Waals surface area contributed by atoms with Crippen LogP contribution in [0.1, 0.15) is 17.2 Å². The molecule has 0 fully saturated rings. The second kappa shape index (κ2) is 3.80. The average Bonchev–Trinajstić information content (AvgIpc) is 2.81. The molecule has 86 valence electrons. The van der Waals surface area contributed by atoms with Crippen molar-refractivity contribution in [3.63, 3.8) is 0 Å². The van der Waals surface area contributed by atoms with Gasteiger partial charge in [-0.15, -0.1) is 0 Å². The van der Waals surface area contributed by atoms with E-state index in [0.29, 0.717) is 12.0 Å². The van der Waals surface area contributed by atoms with Crippen LogP contribution in [0.15, 0.2) is 36.7 Å². The highest BCUT2D eigenvalue weighted by molar-refractivity contribution is 5.59. The number of rotatable bonds is 1. The zero-order valence-electron chi connectivity index (χ0n) is 8.95. The van der Waals surface area contributed by atoms with E-state index in [1.807, 2.05) is 12.1 Å². The zero-order valence-corrected chi connectivity index (χ0v) is 8.95. The number of nitrogens with one attached hydrogen (secondary N) is 1. The van der Waals surface area contributed by atoms with Crippen LogP contribution in [0.2, 0.25) is 0 Å². The summed E-state index contributed by atoms with van der Waals surface area (Å²) in [7, 11) is 0. The molecule has 0 saturated carbocycles. The largest absolute Gasteiger partial charge is 0.375 e. The van der Waals surface area contributed by atoms with E-state index in [1.165, 1.54) is 6.07 Å². The Balaban J connectivity index is 1.98. The quantitative estimate of drug-likeness (QED) is 0.817. The minimum atomic E-state index is -0.409. The monoisotopic (exact) mass is 232 g/mol. The van der Waals surface area contributed by atoms with Gasteiger partial charge in [-0.3, -0.25) is 4.98 Å². The lowest BCUT2D eigenvalue weighted by atomic mass is 10.0. The van der Waals surface area contributed by atoms with Gasteiger partial charge < -0.3 is 5.32 Å². The van der Waals surface area contributed by atoms with Crippen LogP contribution in [0.5, 0.6) is 0 Å². The summed E-state index contributed by atoms with van der Waals surface area (Å²) in [5.41, 5.74) is 1.63. The summed E-state index contributed by atoms with van der Waals surface area (Å²) in [6.07, 6.45) is 3.83. The molecule has 1 unspecified atom stereocenters. The Morgan fingerprint density at radius 2 is 2.00 bits per heavy atom. The number of hydrogen-bond donors (Lipinski definition) is 1. The fourth-order valence-corrected chi connectivity index (χ4v) is 2.16. The predicted molar refractivity (Wildman–Crippen MR) is 60.7 cm³/mol. The van der Waals surface area contributed by atoms with E-state index in [0.717, 1.165) is 11.6 Å². The molecule has 2 aromatic rings. The first-order valence-corrected chi connectivity index (χ1v) is 5.39. The van der Waals surface area contributed by atoms with Crippen molar-refractivity contribution >= 4 is 5.69 Å². The highest BCUT2D eigenvalue weighted by atomic mass is 19.1. The Morgan fingerprint density at radius 3 is 2.71 bits per heavy atom. The van der Waals surface area contributed by atoms with Crippen LogP contribution in [0.3, 0.4) is 0 Å². The first-order valence-electron chi connectivity index (χ1n) is 5.39. The van der Waals surface area contributed by atoms with E-state index in [9.17, 15) is 8.78 Å². The van der Waals surface area contributed by atoms with Gasteiger partial charge in [0.05, 0.1) is 11.7 Å². The minimum absolute atomic E-state index is 0.106. The number of fused-ring (bicyclic) bond motifs is 1. The molecular formula is C13H10F2N2. The molecule has 1 aliphatic heterocycles. The summed E-state index contributed by atoms with van der Waals surface area (Å²) in [6, 6.07) is 5.91. The normalized spacial score (nSPS) is 17.6. The van der Waals surface area contributed by atoms with Gasteiger partial charge in [-0.25, -0.2) is 8.78 Å². The third-order valence-corrected chi connectivity index (χ3v) is 3.02. The molecular weight excluding hydrogens is 222 g/mol. The van der Waals surface area contributed by atoms with Crippen LogP contribution in [0.4, 0.5) is 14.5 Å². The number of aromatic nitrogens is 1. The Morgan fingerprint density at radius 1 is 1.18 bits per heavy atom. The molecule has 3 rings (SSSR count). The summed E-state index contributed by atoms with van der Waals surface area (Å²) in [6.45, 7) is 0. The maximum absolute atomic E-state index is 13.5. The number of anilines is 1. The van der Waals surface area contributed by atoms with E-state index in [2.05, 4.69) is 10.3 Å². The SMILES string of the molecule is Fc1ccc(F)c2c1CC(c1cccnc1)N2. The van der Waals surface area contributed by atoms with Crippen LogP contribution in [-0.2, 0) is 6.42 Å². The van der Waals surface area contributed by atoms with Gasteiger partial charge in [0.1, 0.15) is 11.6 Å². The molecule has 2 heterocycles. The van der Waals surface area contributed by atoms with E-state index < -0.39 is 5.82 Å². The molecule has 0 radical (unpaired) electrons. The first kappa shape index (κ1) is 10.2. The minimum Gasteiger partial charge on any atom is -0.375 e. The van der Waals surface area contributed by atoms with Crippen molar-refractivity contribution in [3.8, 4) is 0 Å². The van der Waals surface area contributed by atoms with Gasteiger partial charge in [0, 0.05) is 24.4 Å². The third-order valence-electron chi connectivity index (χ3n) is 3.02. The smallest absolute Gasteiger partial charge is 0.146 e. The van der Waals surface area contributed by atoms with E-state index in [4.69, 9.17) is 0 Å². The molecule has 4 heteroatoms. The average molecular weight is 232 g/mol. The van der Waals surface area contributed by atoms with Crippen LogP contribution in [-0.4, -0.2) is 4.98 Å². The van der Waals surface area contributed by atoms with Gasteiger partial charge in [-0.05, 0) is 23.8 Å². The Bertz CT molecular complexity index is 524. The molecule has 1 atom stereocenters. The van der Waals surface area contributed by atoms with Crippen molar-refractivity contribution in [1.82, 2.24) is 4.98 Å². The van der Waals surface area contributed by atoms with Gasteiger partial charge in [-0.1, -0.05) is 6.07 Å². The van der Waals surface area contributed by atoms with Gasteiger partial charge in [-0.2, -0.15) is 0 Å². The molecule has 1 aromatic heterocycles. The number of nitrogens with zero attached hydrogens (tertiary/aromatic N) is 1. The number of halogens is 2. The number of hydrogen-bond acceptors (Lipinski definition) is 2. The Labute approximate surface area is 97.3 Å². The van der Waals surface area contributed by atoms with Crippen LogP contribution in [0.25, 0.3) is 0 Å². The lowest BCUT2D eigenvalue weighted by Crippen LogP contribution is -2.06. The first-order chi connectivity index (χ1) is 8.25. The van der Waals surface area contributed by atoms with Gasteiger partial charge in [0.15, 0.2) is 0 Å². The van der Waals surface area contributed by atoms with Gasteiger partial charge in [0.2, 0.25) is 0 Å². The van der Waals surface area contributed by atoms with Crippen molar-refractivity contribution in [1.29, 1.82) is 0 Å². The van der Waals surface area contributed by atoms with Crippen molar-refractivity contribution in [3.05, 3.63) is 59.4 Å². The standard InChI is InChI=1S/C13H10F2N2/c14-10-3-4-11(15)13-9(10)6-12(17-13)8-2-1-5-16-7-8/h1-5,7,12,17H,6H2. The molecule has 0 amide bonds. The molecule has 2 nitrogen and oxygen atoms in total. The van der Waals surface area contributed by atoms with Crippen molar-refractivity contribution < 1.29 is 8.78 Å². The second-order valence-electron chi connectivity index (χ2n) is 4.07. The molecule has 0 bridgehead atoms. The molecule has 1 aliphatic rings. The van der Waals surface area contributed by atoms with Gasteiger partial charge >= 0.3 is 0 Å². The van der Waals surface area contributed by atoms with Crippen LogP contribution >= 0.6 is 0 Å². The molecule has 0 spiro atoms. The summed E-state index contributed by atoms with van der Waals surface area (Å²) >= 11 is 0. The van der Waals surface area contributed by atoms with Crippen molar-refractivity contribution in [2.75, 3.05) is 5.32 Å². The maximum atomic E-state index is 13.5. The van der Waals surface area contributed by atoms with E-state index in [1.54, 1.807) is 12.4 Å². The molecule has 0 aliphatic carbocycles. The molecule has 0 saturated heterocycles. The number of pyridine rings is 1. The summed E-state index contributed by atoms with van der Waals surface area (Å²) in [5, 5.41) is 3.00. The maximum Gasteiger partial charge on any atom is 0.146 e. The van der Waals surface area contributed by atoms with E-state index in [-0.39, 0.29) is 17.5 Å². The second-order valence-corrected chi connectivity index (χ2v) is 4.07. The highest BCUT2D eigenvalue weighted by Crippen LogP contribution is 2.37. The molecule has 1 aromatic carbocycles. The lowest BCUT2D eigenvalue weighted by molar-refractivity contribution is 0.594. The Kier molecular flexibility index (Phi) is 2.28. The van der Waals surface area contributed by atoms with E-state index >= 15 is 0 Å². The van der Waals surface area contributed by atoms with Crippen molar-refractivity contribution in [2.24, 2.45) is 0 Å². The lowest BCUT2D eigenvalue weighted by Gasteiger charge is -2.10. The zero-order chi connectivity index (χ0) is 11.8. The summed E-state index contributed by atoms with van der Waals surface area (Å²) in [4.78, 5) is 4.01. The topological polar surface area (TPSA) is 24.9 Å². The fourth-order valence-electron chi connectivity index (χ4n) is 2.16. The van der Waals surface area contributed by atoms with Crippen LogP contribution < -0.4 is 5.32 Å². The highest BCUT2D eigenvalue weighted by Gasteiger charge is 2.27. The van der Waals surface area contributed by atoms with Crippen LogP contribution in [0, 0.1) is 11.6 Å². The fraction of sp³-hybridized carbons (Fsp3) is 0.154. The molecule has 17 heavy (non-hydrogen) atoms. The predicted octanol–water partition coefficient (Wildman–Crippen LogP) is 3.07. The molecule has 1 N–H and O–H groups in total. The van der Waals surface area contributed by atoms with Crippen molar-refractivity contribution in [2.45, 2.75) is 12.5 Å².